The number of nitrogens with two attached hydrogens (primary N) is 1. The van der Waals surface area contributed by atoms with Crippen LogP contribution in [0.4, 0.5) is 10.1 Å². The molecule has 0 spiro atoms. The van der Waals surface area contributed by atoms with Crippen LogP contribution < -0.4 is 5.73 Å². The standard InChI is InChI=1S/C13H10FN3O/c14-9-3-1-8(2-4-9)11-5-6-12(18-11)13-10(15)7-16-17-13/h1-7H,15H2,(H,16,17). The number of rotatable bonds is 2. The maximum absolute atomic E-state index is 12.8. The number of nitrogen functional groups attached to an aromatic ring is 1. The van der Waals surface area contributed by atoms with E-state index in [-0.39, 0.29) is 5.82 Å². The fourth-order valence-corrected chi connectivity index (χ4v) is 1.73. The van der Waals surface area contributed by atoms with Gasteiger partial charge in [0, 0.05) is 5.56 Å². The summed E-state index contributed by atoms with van der Waals surface area (Å²) in [6.07, 6.45) is 1.52. The molecule has 2 aromatic heterocycles. The highest BCUT2D eigenvalue weighted by molar-refractivity contribution is 5.70. The molecule has 0 aliphatic rings. The molecule has 0 aliphatic carbocycles. The summed E-state index contributed by atoms with van der Waals surface area (Å²) in [6, 6.07) is 9.71. The van der Waals surface area contributed by atoms with Crippen LogP contribution in [0, 0.1) is 5.82 Å². The highest BCUT2D eigenvalue weighted by Gasteiger charge is 2.10. The molecule has 3 rings (SSSR count). The second kappa shape index (κ2) is 4.03. The Bertz CT molecular complexity index is 670. The molecule has 0 radical (unpaired) electrons. The minimum Gasteiger partial charge on any atom is -0.454 e. The molecule has 1 aromatic carbocycles. The van der Waals surface area contributed by atoms with Crippen LogP contribution in [0.5, 0.6) is 0 Å². The number of furan rings is 1. The lowest BCUT2D eigenvalue weighted by molar-refractivity contribution is 0.594. The summed E-state index contributed by atoms with van der Waals surface area (Å²) >= 11 is 0. The van der Waals surface area contributed by atoms with Crippen LogP contribution in [0.25, 0.3) is 22.8 Å². The number of benzene rings is 1. The zero-order valence-corrected chi connectivity index (χ0v) is 9.35. The van der Waals surface area contributed by atoms with Gasteiger partial charge >= 0.3 is 0 Å². The molecule has 3 aromatic rings. The lowest BCUT2D eigenvalue weighted by atomic mass is 10.2. The van der Waals surface area contributed by atoms with Gasteiger partial charge in [-0.15, -0.1) is 0 Å². The summed E-state index contributed by atoms with van der Waals surface area (Å²) < 4.78 is 18.5. The number of halogens is 1. The molecule has 0 saturated heterocycles. The van der Waals surface area contributed by atoms with Crippen LogP contribution in [0.1, 0.15) is 0 Å². The summed E-state index contributed by atoms with van der Waals surface area (Å²) in [5.41, 5.74) is 7.71. The van der Waals surface area contributed by atoms with E-state index in [4.69, 9.17) is 10.2 Å². The highest BCUT2D eigenvalue weighted by atomic mass is 19.1. The van der Waals surface area contributed by atoms with E-state index in [0.717, 1.165) is 5.56 Å². The fraction of sp³-hybridized carbons (Fsp3) is 0. The van der Waals surface area contributed by atoms with Gasteiger partial charge in [0.1, 0.15) is 17.3 Å². The molecule has 4 nitrogen and oxygen atoms in total. The quantitative estimate of drug-likeness (QED) is 0.726. The molecule has 0 aliphatic heterocycles. The molecule has 0 atom stereocenters. The number of nitrogens with zero attached hydrogens (tertiary/aromatic N) is 1. The molecule has 18 heavy (non-hydrogen) atoms. The number of aromatic amines is 1. The van der Waals surface area contributed by atoms with Crippen molar-refractivity contribution in [3.63, 3.8) is 0 Å². The van der Waals surface area contributed by atoms with Crippen LogP contribution in [0.3, 0.4) is 0 Å². The Balaban J connectivity index is 1.99. The van der Waals surface area contributed by atoms with Crippen molar-refractivity contribution in [2.24, 2.45) is 0 Å². The van der Waals surface area contributed by atoms with Crippen molar-refractivity contribution in [2.75, 3.05) is 5.73 Å². The SMILES string of the molecule is Nc1cn[nH]c1-c1ccc(-c2ccc(F)cc2)o1. The number of anilines is 1. The number of H-pyrrole nitrogens is 1. The third-order valence-electron chi connectivity index (χ3n) is 2.65. The largest absolute Gasteiger partial charge is 0.454 e. The van der Waals surface area contributed by atoms with Crippen molar-refractivity contribution in [1.82, 2.24) is 10.2 Å². The maximum atomic E-state index is 12.8. The van der Waals surface area contributed by atoms with Gasteiger partial charge in [-0.3, -0.25) is 5.10 Å². The zero-order chi connectivity index (χ0) is 12.5. The normalized spacial score (nSPS) is 10.7. The molecular weight excluding hydrogens is 233 g/mol. The van der Waals surface area contributed by atoms with E-state index in [9.17, 15) is 4.39 Å². The number of hydrogen-bond donors (Lipinski definition) is 2. The zero-order valence-electron chi connectivity index (χ0n) is 9.35. The van der Waals surface area contributed by atoms with Gasteiger partial charge in [-0.05, 0) is 36.4 Å². The van der Waals surface area contributed by atoms with E-state index in [0.29, 0.717) is 22.9 Å². The third-order valence-corrected chi connectivity index (χ3v) is 2.65. The van der Waals surface area contributed by atoms with Crippen LogP contribution in [-0.4, -0.2) is 10.2 Å². The molecule has 5 heteroatoms. The number of nitrogens with one attached hydrogen (secondary N) is 1. The maximum Gasteiger partial charge on any atom is 0.154 e. The Morgan fingerprint density at radius 3 is 2.44 bits per heavy atom. The first-order valence-corrected chi connectivity index (χ1v) is 5.39. The van der Waals surface area contributed by atoms with E-state index in [1.165, 1.54) is 18.3 Å². The van der Waals surface area contributed by atoms with Gasteiger partial charge in [0.25, 0.3) is 0 Å². The van der Waals surface area contributed by atoms with Gasteiger partial charge in [-0.25, -0.2) is 4.39 Å². The summed E-state index contributed by atoms with van der Waals surface area (Å²) in [5, 5.41) is 6.60. The predicted molar refractivity (Wildman–Crippen MR) is 66.1 cm³/mol. The van der Waals surface area contributed by atoms with Gasteiger partial charge in [0.2, 0.25) is 0 Å². The molecule has 0 bridgehead atoms. The Morgan fingerprint density at radius 2 is 1.78 bits per heavy atom. The number of aromatic nitrogens is 2. The topological polar surface area (TPSA) is 67.8 Å². The van der Waals surface area contributed by atoms with Crippen molar-refractivity contribution >= 4 is 5.69 Å². The lowest BCUT2D eigenvalue weighted by Gasteiger charge is -1.97. The van der Waals surface area contributed by atoms with Crippen molar-refractivity contribution in [2.45, 2.75) is 0 Å². The van der Waals surface area contributed by atoms with E-state index < -0.39 is 0 Å². The molecular formula is C13H10FN3O. The highest BCUT2D eigenvalue weighted by Crippen LogP contribution is 2.29. The molecule has 0 saturated carbocycles. The molecule has 0 unspecified atom stereocenters. The number of hydrogen-bond acceptors (Lipinski definition) is 3. The van der Waals surface area contributed by atoms with Gasteiger partial charge in [0.05, 0.1) is 11.9 Å². The van der Waals surface area contributed by atoms with Crippen LogP contribution >= 0.6 is 0 Å². The molecule has 90 valence electrons. The van der Waals surface area contributed by atoms with Gasteiger partial charge < -0.3 is 10.2 Å². The monoisotopic (exact) mass is 243 g/mol. The van der Waals surface area contributed by atoms with Crippen molar-refractivity contribution in [1.29, 1.82) is 0 Å². The van der Waals surface area contributed by atoms with Gasteiger partial charge in [-0.2, -0.15) is 5.10 Å². The van der Waals surface area contributed by atoms with Crippen molar-refractivity contribution in [3.05, 3.63) is 48.4 Å². The predicted octanol–water partition coefficient (Wildman–Crippen LogP) is 3.06. The van der Waals surface area contributed by atoms with E-state index >= 15 is 0 Å². The van der Waals surface area contributed by atoms with Crippen LogP contribution in [-0.2, 0) is 0 Å². The first kappa shape index (κ1) is 10.6. The molecule has 0 amide bonds. The first-order chi connectivity index (χ1) is 8.74. The smallest absolute Gasteiger partial charge is 0.154 e. The first-order valence-electron chi connectivity index (χ1n) is 5.39. The second-order valence-electron chi connectivity index (χ2n) is 3.87. The summed E-state index contributed by atoms with van der Waals surface area (Å²) in [5.74, 6) is 0.978. The summed E-state index contributed by atoms with van der Waals surface area (Å²) in [7, 11) is 0. The molecule has 0 fully saturated rings. The van der Waals surface area contributed by atoms with Crippen molar-refractivity contribution < 1.29 is 8.81 Å². The molecule has 3 N–H and O–H groups in total. The summed E-state index contributed by atoms with van der Waals surface area (Å²) in [6.45, 7) is 0. The minimum atomic E-state index is -0.275. The second-order valence-corrected chi connectivity index (χ2v) is 3.87. The van der Waals surface area contributed by atoms with Crippen molar-refractivity contribution in [3.8, 4) is 22.8 Å². The van der Waals surface area contributed by atoms with Crippen LogP contribution in [0.15, 0.2) is 47.0 Å². The minimum absolute atomic E-state index is 0.275. The van der Waals surface area contributed by atoms with E-state index in [1.54, 1.807) is 18.2 Å². The molecule has 2 heterocycles. The third kappa shape index (κ3) is 1.75. The van der Waals surface area contributed by atoms with E-state index in [2.05, 4.69) is 10.2 Å². The Kier molecular flexibility index (Phi) is 2.37. The summed E-state index contributed by atoms with van der Waals surface area (Å²) in [4.78, 5) is 0. The van der Waals surface area contributed by atoms with Crippen LogP contribution in [0.2, 0.25) is 0 Å². The Morgan fingerprint density at radius 1 is 1.06 bits per heavy atom. The fourth-order valence-electron chi connectivity index (χ4n) is 1.73. The average Bonchev–Trinajstić information content (AvgIpc) is 2.98. The average molecular weight is 243 g/mol. The van der Waals surface area contributed by atoms with Gasteiger partial charge in [0.15, 0.2) is 5.76 Å². The Labute approximate surface area is 102 Å². The Hall–Kier alpha value is -2.56. The lowest BCUT2D eigenvalue weighted by Crippen LogP contribution is -1.84. The van der Waals surface area contributed by atoms with E-state index in [1.807, 2.05) is 6.07 Å². The van der Waals surface area contributed by atoms with Gasteiger partial charge in [-0.1, -0.05) is 0 Å².